The van der Waals surface area contributed by atoms with Crippen LogP contribution in [0.25, 0.3) is 11.0 Å². The maximum atomic E-state index is 9.34. The molecule has 0 bridgehead atoms. The summed E-state index contributed by atoms with van der Waals surface area (Å²) in [5.74, 6) is -0.690. The molecular formula is C8H9N3O3. The minimum absolute atomic E-state index is 0.690. The van der Waals surface area contributed by atoms with Crippen LogP contribution in [0.15, 0.2) is 24.3 Å². The third-order valence-electron chi connectivity index (χ3n) is 1.35. The number of nitrogens with one attached hydrogen (secondary N) is 1. The highest BCUT2D eigenvalue weighted by atomic mass is 17.1. The van der Waals surface area contributed by atoms with Crippen LogP contribution >= 0.6 is 0 Å². The van der Waals surface area contributed by atoms with Crippen LogP contribution in [0.5, 0.6) is 0 Å². The zero-order chi connectivity index (χ0) is 10.4. The molecule has 0 fully saturated rings. The fourth-order valence-corrected chi connectivity index (χ4v) is 0.786. The van der Waals surface area contributed by atoms with Gasteiger partial charge in [0.05, 0.1) is 0 Å². The fourth-order valence-electron chi connectivity index (χ4n) is 0.786. The minimum Gasteiger partial charge on any atom is -0.301 e. The van der Waals surface area contributed by atoms with Gasteiger partial charge in [0.15, 0.2) is 0 Å². The van der Waals surface area contributed by atoms with Crippen molar-refractivity contribution < 1.29 is 14.9 Å². The van der Waals surface area contributed by atoms with E-state index in [4.69, 9.17) is 5.26 Å². The number of H-pyrrole nitrogens is 1. The van der Waals surface area contributed by atoms with E-state index < -0.39 is 5.97 Å². The maximum Gasteiger partial charge on any atom is 0.339 e. The zero-order valence-corrected chi connectivity index (χ0v) is 7.47. The number of aromatic amines is 1. The van der Waals surface area contributed by atoms with Crippen LogP contribution in [0.2, 0.25) is 0 Å². The molecule has 0 saturated heterocycles. The van der Waals surface area contributed by atoms with Crippen molar-refractivity contribution in [2.45, 2.75) is 6.92 Å². The first-order chi connectivity index (χ1) is 6.74. The number of hydrogen-bond donors (Lipinski definition) is 2. The van der Waals surface area contributed by atoms with Crippen molar-refractivity contribution in [2.75, 3.05) is 0 Å². The lowest BCUT2D eigenvalue weighted by atomic mass is 10.3. The van der Waals surface area contributed by atoms with Gasteiger partial charge in [-0.25, -0.2) is 4.79 Å². The van der Waals surface area contributed by atoms with Gasteiger partial charge >= 0.3 is 5.97 Å². The Balaban J connectivity index is 0.000000171. The van der Waals surface area contributed by atoms with E-state index in [0.717, 1.165) is 18.0 Å². The Bertz CT molecular complexity index is 383. The number of rotatable bonds is 0. The molecule has 0 saturated carbocycles. The summed E-state index contributed by atoms with van der Waals surface area (Å²) in [6, 6.07) is 7.70. The second kappa shape index (κ2) is 4.93. The second-order valence-corrected chi connectivity index (χ2v) is 2.40. The average molecular weight is 195 g/mol. The van der Waals surface area contributed by atoms with Gasteiger partial charge in [-0.3, -0.25) is 0 Å². The van der Waals surface area contributed by atoms with Gasteiger partial charge in [0, 0.05) is 6.92 Å². The van der Waals surface area contributed by atoms with Crippen molar-refractivity contribution in [3.63, 3.8) is 0 Å². The van der Waals surface area contributed by atoms with E-state index in [9.17, 15) is 4.79 Å². The maximum absolute atomic E-state index is 9.34. The monoisotopic (exact) mass is 195 g/mol. The van der Waals surface area contributed by atoms with E-state index in [-0.39, 0.29) is 0 Å². The summed E-state index contributed by atoms with van der Waals surface area (Å²) < 4.78 is 0. The number of benzene rings is 1. The van der Waals surface area contributed by atoms with Gasteiger partial charge in [-0.1, -0.05) is 12.1 Å². The van der Waals surface area contributed by atoms with E-state index in [1.165, 1.54) is 0 Å². The molecule has 14 heavy (non-hydrogen) atoms. The van der Waals surface area contributed by atoms with Gasteiger partial charge in [-0.15, -0.1) is 0 Å². The quantitative estimate of drug-likeness (QED) is 0.483. The molecule has 0 aliphatic rings. The number of aromatic nitrogens is 3. The molecule has 1 heterocycles. The summed E-state index contributed by atoms with van der Waals surface area (Å²) in [6.45, 7) is 1.11. The van der Waals surface area contributed by atoms with E-state index in [1.807, 2.05) is 24.3 Å². The van der Waals surface area contributed by atoms with Gasteiger partial charge < -0.3 is 4.89 Å². The van der Waals surface area contributed by atoms with Gasteiger partial charge in [-0.05, 0) is 12.1 Å². The Labute approximate surface area is 79.4 Å². The van der Waals surface area contributed by atoms with Gasteiger partial charge in [0.25, 0.3) is 0 Å². The lowest BCUT2D eigenvalue weighted by Crippen LogP contribution is -1.89. The first kappa shape index (κ1) is 10.1. The highest BCUT2D eigenvalue weighted by Crippen LogP contribution is 2.03. The Morgan fingerprint density at radius 2 is 1.79 bits per heavy atom. The van der Waals surface area contributed by atoms with E-state index in [0.29, 0.717) is 0 Å². The Kier molecular flexibility index (Phi) is 3.57. The van der Waals surface area contributed by atoms with Crippen molar-refractivity contribution in [2.24, 2.45) is 0 Å². The summed E-state index contributed by atoms with van der Waals surface area (Å²) >= 11 is 0. The molecule has 0 unspecified atom stereocenters. The van der Waals surface area contributed by atoms with Crippen LogP contribution in [0.4, 0.5) is 0 Å². The van der Waals surface area contributed by atoms with Crippen molar-refractivity contribution in [3.05, 3.63) is 24.3 Å². The highest BCUT2D eigenvalue weighted by Gasteiger charge is 1.90. The van der Waals surface area contributed by atoms with Crippen LogP contribution in [0, 0.1) is 0 Å². The highest BCUT2D eigenvalue weighted by molar-refractivity contribution is 5.72. The lowest BCUT2D eigenvalue weighted by molar-refractivity contribution is -0.231. The molecule has 0 atom stereocenters. The minimum atomic E-state index is -0.690. The number of fused-ring (bicyclic) bond motifs is 1. The fraction of sp³-hybridized carbons (Fsp3) is 0.125. The van der Waals surface area contributed by atoms with Crippen LogP contribution in [0.1, 0.15) is 6.92 Å². The average Bonchev–Trinajstić information content (AvgIpc) is 2.66. The molecule has 0 spiro atoms. The third kappa shape index (κ3) is 2.83. The smallest absolute Gasteiger partial charge is 0.301 e. The van der Waals surface area contributed by atoms with Crippen LogP contribution in [0.3, 0.4) is 0 Å². The molecule has 0 aliphatic heterocycles. The predicted molar refractivity (Wildman–Crippen MR) is 48.3 cm³/mol. The molecule has 2 aromatic rings. The molecule has 0 aliphatic carbocycles. The zero-order valence-electron chi connectivity index (χ0n) is 7.47. The molecule has 74 valence electrons. The number of nitrogens with zero attached hydrogens (tertiary/aromatic N) is 2. The summed E-state index contributed by atoms with van der Waals surface area (Å²) in [5.41, 5.74) is 1.83. The van der Waals surface area contributed by atoms with Crippen molar-refractivity contribution in [1.82, 2.24) is 15.4 Å². The normalized spacial score (nSPS) is 9.00. The van der Waals surface area contributed by atoms with Crippen molar-refractivity contribution in [3.8, 4) is 0 Å². The van der Waals surface area contributed by atoms with E-state index >= 15 is 0 Å². The molecular weight excluding hydrogens is 186 g/mol. The first-order valence-corrected chi connectivity index (χ1v) is 3.81. The molecule has 2 N–H and O–H groups in total. The Hall–Kier alpha value is -1.95. The van der Waals surface area contributed by atoms with Crippen molar-refractivity contribution >= 4 is 17.0 Å². The van der Waals surface area contributed by atoms with E-state index in [1.54, 1.807) is 0 Å². The number of para-hydroxylation sites is 2. The summed E-state index contributed by atoms with van der Waals surface area (Å²) in [7, 11) is 0. The predicted octanol–water partition coefficient (Wildman–Crippen LogP) is 0.980. The molecule has 0 radical (unpaired) electrons. The van der Waals surface area contributed by atoms with Crippen LogP contribution < -0.4 is 0 Å². The molecule has 6 nitrogen and oxygen atoms in total. The number of hydrogen-bond acceptors (Lipinski definition) is 5. The van der Waals surface area contributed by atoms with Crippen molar-refractivity contribution in [1.29, 1.82) is 0 Å². The summed E-state index contributed by atoms with van der Waals surface area (Å²) in [4.78, 5) is 12.5. The SMILES string of the molecule is CC(=O)OO.c1ccc2n[nH]nc2c1. The van der Waals surface area contributed by atoms with Crippen LogP contribution in [-0.4, -0.2) is 26.6 Å². The Morgan fingerprint density at radius 3 is 2.14 bits per heavy atom. The van der Waals surface area contributed by atoms with E-state index in [2.05, 4.69) is 20.3 Å². The molecule has 0 amide bonds. The summed E-state index contributed by atoms with van der Waals surface area (Å²) in [6.07, 6.45) is 0. The largest absolute Gasteiger partial charge is 0.339 e. The lowest BCUT2D eigenvalue weighted by Gasteiger charge is -1.78. The van der Waals surface area contributed by atoms with Gasteiger partial charge in [0.2, 0.25) is 0 Å². The standard InChI is InChI=1S/C6H5N3.C2H4O3/c1-2-4-6-5(3-1)7-9-8-6;1-2(3)5-4/h1-4H,(H,7,8,9);4H,1H3. The third-order valence-corrected chi connectivity index (χ3v) is 1.35. The van der Waals surface area contributed by atoms with Gasteiger partial charge in [0.1, 0.15) is 11.0 Å². The molecule has 1 aromatic carbocycles. The number of carbonyl (C=O) groups excluding carboxylic acids is 1. The molecule has 2 rings (SSSR count). The first-order valence-electron chi connectivity index (χ1n) is 3.81. The van der Waals surface area contributed by atoms with Gasteiger partial charge in [-0.2, -0.15) is 20.7 Å². The Morgan fingerprint density at radius 1 is 1.36 bits per heavy atom. The second-order valence-electron chi connectivity index (χ2n) is 2.40. The molecule has 6 heteroatoms. The molecule has 1 aromatic heterocycles. The number of carbonyl (C=O) groups is 1. The topological polar surface area (TPSA) is 88.1 Å². The summed E-state index contributed by atoms with van der Waals surface area (Å²) in [5, 5.41) is 17.6. The van der Waals surface area contributed by atoms with Crippen LogP contribution in [-0.2, 0) is 9.68 Å².